The molecule has 5 rings (SSSR count). The van der Waals surface area contributed by atoms with Crippen molar-refractivity contribution in [3.63, 3.8) is 0 Å². The Kier molecular flexibility index (Phi) is 4.05. The largest absolute Gasteiger partial charge is 0.497 e. The predicted molar refractivity (Wildman–Crippen MR) is 112 cm³/mol. The second kappa shape index (κ2) is 6.74. The lowest BCUT2D eigenvalue weighted by Gasteiger charge is -2.23. The number of nitrogens with zero attached hydrogens (tertiary/aromatic N) is 3. The van der Waals surface area contributed by atoms with Gasteiger partial charge in [0.2, 0.25) is 0 Å². The third-order valence-corrected chi connectivity index (χ3v) is 5.74. The van der Waals surface area contributed by atoms with Gasteiger partial charge in [0.15, 0.2) is 0 Å². The molecule has 144 valence electrons. The third-order valence-electron chi connectivity index (χ3n) is 5.74. The van der Waals surface area contributed by atoms with E-state index in [1.807, 2.05) is 29.3 Å². The highest BCUT2D eigenvalue weighted by molar-refractivity contribution is 6.08. The average molecular weight is 385 g/mol. The molecule has 2 aliphatic rings. The second-order valence-corrected chi connectivity index (χ2v) is 7.28. The molecule has 1 heterocycles. The highest BCUT2D eigenvalue weighted by Gasteiger charge is 2.44. The third kappa shape index (κ3) is 2.84. The smallest absolute Gasteiger partial charge is 0.269 e. The molecule has 0 saturated heterocycles. The minimum absolute atomic E-state index is 0.0820. The molecule has 6 nitrogen and oxygen atoms in total. The number of non-ortho nitro benzene ring substituents is 1. The van der Waals surface area contributed by atoms with Crippen molar-refractivity contribution in [3.05, 3.63) is 99.6 Å². The Balaban J connectivity index is 1.59. The van der Waals surface area contributed by atoms with Gasteiger partial charge in [-0.05, 0) is 59.5 Å². The summed E-state index contributed by atoms with van der Waals surface area (Å²) in [5.74, 6) is 0.970. The lowest BCUT2D eigenvalue weighted by Crippen LogP contribution is -2.29. The zero-order valence-electron chi connectivity index (χ0n) is 15.9. The number of rotatable bonds is 4. The molecule has 1 aliphatic carbocycles. The van der Waals surface area contributed by atoms with E-state index < -0.39 is 0 Å². The monoisotopic (exact) mass is 385 g/mol. The van der Waals surface area contributed by atoms with Crippen LogP contribution in [-0.4, -0.2) is 23.8 Å². The molecule has 0 unspecified atom stereocenters. The fraction of sp³-hybridized carbons (Fsp3) is 0.174. The van der Waals surface area contributed by atoms with Gasteiger partial charge in [-0.25, -0.2) is 0 Å². The van der Waals surface area contributed by atoms with Crippen LogP contribution in [0, 0.1) is 10.1 Å². The number of anilines is 1. The van der Waals surface area contributed by atoms with Crippen molar-refractivity contribution < 1.29 is 9.66 Å². The summed E-state index contributed by atoms with van der Waals surface area (Å²) in [5, 5.41) is 18.0. The van der Waals surface area contributed by atoms with Gasteiger partial charge >= 0.3 is 0 Å². The number of methoxy groups -OCH3 is 1. The molecule has 1 aliphatic heterocycles. The molecule has 0 N–H and O–H groups in total. The van der Waals surface area contributed by atoms with Gasteiger partial charge in [0, 0.05) is 12.1 Å². The maximum atomic E-state index is 11.0. The van der Waals surface area contributed by atoms with Gasteiger partial charge in [-0.2, -0.15) is 5.10 Å². The lowest BCUT2D eigenvalue weighted by atomic mass is 9.89. The van der Waals surface area contributed by atoms with E-state index in [1.54, 1.807) is 19.2 Å². The lowest BCUT2D eigenvalue weighted by molar-refractivity contribution is -0.384. The fourth-order valence-corrected chi connectivity index (χ4v) is 4.36. The highest BCUT2D eigenvalue weighted by atomic mass is 16.6. The van der Waals surface area contributed by atoms with Crippen molar-refractivity contribution >= 4 is 17.1 Å². The van der Waals surface area contributed by atoms with Crippen molar-refractivity contribution in [3.8, 4) is 5.75 Å². The molecule has 0 bridgehead atoms. The molecule has 0 radical (unpaired) electrons. The van der Waals surface area contributed by atoms with Crippen LogP contribution in [0.1, 0.15) is 22.6 Å². The van der Waals surface area contributed by atoms with Crippen molar-refractivity contribution in [2.45, 2.75) is 18.4 Å². The number of hydrazone groups is 1. The minimum atomic E-state index is -0.381. The molecule has 6 heteroatoms. The van der Waals surface area contributed by atoms with Gasteiger partial charge in [0.1, 0.15) is 5.75 Å². The maximum Gasteiger partial charge on any atom is 0.269 e. The van der Waals surface area contributed by atoms with E-state index in [-0.39, 0.29) is 22.6 Å². The summed E-state index contributed by atoms with van der Waals surface area (Å²) in [4.78, 5) is 10.6. The summed E-state index contributed by atoms with van der Waals surface area (Å²) < 4.78 is 5.29. The number of hydrogen-bond acceptors (Lipinski definition) is 5. The van der Waals surface area contributed by atoms with Crippen LogP contribution in [0.15, 0.2) is 77.9 Å². The summed E-state index contributed by atoms with van der Waals surface area (Å²) in [7, 11) is 1.65. The van der Waals surface area contributed by atoms with Crippen molar-refractivity contribution in [1.29, 1.82) is 0 Å². The second-order valence-electron chi connectivity index (χ2n) is 7.28. The number of hydrogen-bond donors (Lipinski definition) is 0. The van der Waals surface area contributed by atoms with E-state index in [9.17, 15) is 10.1 Å². The zero-order valence-corrected chi connectivity index (χ0v) is 15.9. The minimum Gasteiger partial charge on any atom is -0.497 e. The average Bonchev–Trinajstić information content (AvgIpc) is 3.31. The molecule has 0 saturated carbocycles. The Bertz CT molecular complexity index is 1110. The van der Waals surface area contributed by atoms with Gasteiger partial charge in [-0.15, -0.1) is 0 Å². The van der Waals surface area contributed by atoms with Crippen LogP contribution >= 0.6 is 0 Å². The van der Waals surface area contributed by atoms with Gasteiger partial charge in [0.25, 0.3) is 5.69 Å². The van der Waals surface area contributed by atoms with E-state index in [1.165, 1.54) is 23.3 Å². The quantitative estimate of drug-likeness (QED) is 0.489. The Labute approximate surface area is 168 Å². The standard InChI is InChI=1S/C23H19N3O3/c1-29-19-12-6-15(7-13-19)23-22-20-5-3-2-4-16(20)14-21(22)25(24-23)17-8-10-18(11-9-17)26(27)28/h2-13,21-22H,14H2,1H3/t21-,22-/m1/s1. The fourth-order valence-electron chi connectivity index (χ4n) is 4.36. The Morgan fingerprint density at radius 1 is 1.03 bits per heavy atom. The Morgan fingerprint density at radius 2 is 1.76 bits per heavy atom. The van der Waals surface area contributed by atoms with E-state index in [0.29, 0.717) is 0 Å². The van der Waals surface area contributed by atoms with Crippen LogP contribution in [-0.2, 0) is 6.42 Å². The maximum absolute atomic E-state index is 11.0. The summed E-state index contributed by atoms with van der Waals surface area (Å²) in [6.45, 7) is 0. The SMILES string of the molecule is COc1ccc(C2=NN(c3ccc([N+](=O)[O-])cc3)[C@@H]3Cc4ccccc4[C@@H]23)cc1. The Hall–Kier alpha value is -3.67. The Morgan fingerprint density at radius 3 is 2.45 bits per heavy atom. The molecule has 0 fully saturated rings. The molecule has 0 aromatic heterocycles. The van der Waals surface area contributed by atoms with Crippen LogP contribution in [0.5, 0.6) is 5.75 Å². The van der Waals surface area contributed by atoms with Gasteiger partial charge in [-0.3, -0.25) is 15.1 Å². The molecule has 2 atom stereocenters. The molecule has 29 heavy (non-hydrogen) atoms. The van der Waals surface area contributed by atoms with E-state index in [0.717, 1.165) is 29.1 Å². The van der Waals surface area contributed by atoms with Crippen LogP contribution < -0.4 is 9.75 Å². The number of nitro benzene ring substituents is 1. The van der Waals surface area contributed by atoms with Crippen molar-refractivity contribution in [2.24, 2.45) is 5.10 Å². The van der Waals surface area contributed by atoms with Crippen LogP contribution in [0.4, 0.5) is 11.4 Å². The highest BCUT2D eigenvalue weighted by Crippen LogP contribution is 2.45. The van der Waals surface area contributed by atoms with Gasteiger partial charge in [-0.1, -0.05) is 24.3 Å². The number of fused-ring (bicyclic) bond motifs is 3. The van der Waals surface area contributed by atoms with E-state index in [2.05, 4.69) is 24.3 Å². The normalized spacial score (nSPS) is 19.5. The van der Waals surface area contributed by atoms with E-state index >= 15 is 0 Å². The first-order valence-corrected chi connectivity index (χ1v) is 9.50. The van der Waals surface area contributed by atoms with Crippen LogP contribution in [0.25, 0.3) is 0 Å². The summed E-state index contributed by atoms with van der Waals surface area (Å²) in [6, 6.07) is 23.2. The predicted octanol–water partition coefficient (Wildman–Crippen LogP) is 4.54. The molecule has 3 aromatic rings. The summed E-state index contributed by atoms with van der Waals surface area (Å²) >= 11 is 0. The summed E-state index contributed by atoms with van der Waals surface area (Å²) in [5.41, 5.74) is 5.65. The molecule has 0 amide bonds. The van der Waals surface area contributed by atoms with Crippen LogP contribution in [0.3, 0.4) is 0 Å². The first kappa shape index (κ1) is 17.4. The number of benzene rings is 3. The topological polar surface area (TPSA) is 68.0 Å². The first-order chi connectivity index (χ1) is 14.2. The van der Waals surface area contributed by atoms with Crippen LogP contribution in [0.2, 0.25) is 0 Å². The molecular weight excluding hydrogens is 366 g/mol. The van der Waals surface area contributed by atoms with E-state index in [4.69, 9.17) is 9.84 Å². The summed E-state index contributed by atoms with van der Waals surface area (Å²) in [6.07, 6.45) is 0.890. The number of ether oxygens (including phenoxy) is 1. The zero-order chi connectivity index (χ0) is 20.0. The number of nitro groups is 1. The van der Waals surface area contributed by atoms with Gasteiger partial charge in [0.05, 0.1) is 35.4 Å². The molecule has 0 spiro atoms. The van der Waals surface area contributed by atoms with Crippen molar-refractivity contribution in [1.82, 2.24) is 0 Å². The first-order valence-electron chi connectivity index (χ1n) is 9.50. The molecule has 3 aromatic carbocycles. The molecular formula is C23H19N3O3. The van der Waals surface area contributed by atoms with Crippen molar-refractivity contribution in [2.75, 3.05) is 12.1 Å². The van der Waals surface area contributed by atoms with Gasteiger partial charge < -0.3 is 4.74 Å².